The fraction of sp³-hybridized carbons (Fsp3) is 0.0667. The summed E-state index contributed by atoms with van der Waals surface area (Å²) in [5.41, 5.74) is 1.60. The lowest BCUT2D eigenvalue weighted by Gasteiger charge is -2.04. The van der Waals surface area contributed by atoms with E-state index in [0.29, 0.717) is 21.9 Å². The third-order valence-electron chi connectivity index (χ3n) is 3.10. The molecule has 0 radical (unpaired) electrons. The number of carbonyl (C=O) groups excluding carboxylic acids is 1. The van der Waals surface area contributed by atoms with Gasteiger partial charge in [0, 0.05) is 18.7 Å². The Morgan fingerprint density at radius 1 is 1.22 bits per heavy atom. The number of thiazole rings is 1. The number of nitro groups is 1. The Morgan fingerprint density at radius 2 is 2.00 bits per heavy atom. The Bertz CT molecular complexity index is 864. The Kier molecular flexibility index (Phi) is 4.15. The highest BCUT2D eigenvalue weighted by Crippen LogP contribution is 2.28. The van der Waals surface area contributed by atoms with Crippen molar-refractivity contribution in [2.75, 3.05) is 5.32 Å². The second-order valence-corrected chi connectivity index (χ2v) is 5.75. The smallest absolute Gasteiger partial charge is 0.321 e. The number of hydrogen-bond acceptors (Lipinski definition) is 5. The molecule has 2 amide bonds. The van der Waals surface area contributed by atoms with Crippen LogP contribution in [0.25, 0.3) is 10.2 Å². The van der Waals surface area contributed by atoms with Crippen LogP contribution in [0.15, 0.2) is 48.5 Å². The van der Waals surface area contributed by atoms with Gasteiger partial charge < -0.3 is 5.32 Å². The molecule has 3 rings (SSSR count). The lowest BCUT2D eigenvalue weighted by atomic mass is 10.2. The first-order chi connectivity index (χ1) is 11.1. The molecule has 2 N–H and O–H groups in total. The largest absolute Gasteiger partial charge is 0.334 e. The molecule has 116 valence electrons. The van der Waals surface area contributed by atoms with E-state index in [4.69, 9.17) is 0 Å². The van der Waals surface area contributed by atoms with Gasteiger partial charge >= 0.3 is 6.03 Å². The molecular weight excluding hydrogens is 316 g/mol. The molecule has 3 aromatic rings. The van der Waals surface area contributed by atoms with Crippen LogP contribution < -0.4 is 10.6 Å². The Labute approximate surface area is 135 Å². The number of nitrogens with zero attached hydrogens (tertiary/aromatic N) is 2. The summed E-state index contributed by atoms with van der Waals surface area (Å²) in [5.74, 6) is 0. The fourth-order valence-corrected chi connectivity index (χ4v) is 2.89. The predicted octanol–water partition coefficient (Wildman–Crippen LogP) is 3.53. The van der Waals surface area contributed by atoms with Gasteiger partial charge in [-0.2, -0.15) is 0 Å². The number of hydrogen-bond donors (Lipinski definition) is 2. The monoisotopic (exact) mass is 328 g/mol. The summed E-state index contributed by atoms with van der Waals surface area (Å²) in [7, 11) is 0. The molecule has 0 saturated carbocycles. The number of amides is 2. The summed E-state index contributed by atoms with van der Waals surface area (Å²) in [5, 5.41) is 16.5. The van der Waals surface area contributed by atoms with Crippen LogP contribution in [-0.4, -0.2) is 15.9 Å². The number of nitrogens with one attached hydrogen (secondary N) is 2. The maximum absolute atomic E-state index is 11.9. The van der Waals surface area contributed by atoms with Crippen molar-refractivity contribution in [1.82, 2.24) is 10.3 Å². The summed E-state index contributed by atoms with van der Waals surface area (Å²) in [6, 6.07) is 13.6. The Hall–Kier alpha value is -3.00. The average Bonchev–Trinajstić information content (AvgIpc) is 2.95. The van der Waals surface area contributed by atoms with Gasteiger partial charge in [-0.1, -0.05) is 41.7 Å². The van der Waals surface area contributed by atoms with E-state index < -0.39 is 4.92 Å². The van der Waals surface area contributed by atoms with E-state index in [-0.39, 0.29) is 11.7 Å². The first kappa shape index (κ1) is 14.9. The van der Waals surface area contributed by atoms with Gasteiger partial charge in [0.25, 0.3) is 5.69 Å². The first-order valence-electron chi connectivity index (χ1n) is 6.75. The standard InChI is InChI=1S/C15H12N4O3S/c20-14(16-9-10-4-2-1-3-5-10)18-15-17-12-7-6-11(19(21)22)8-13(12)23-15/h1-8H,9H2,(H2,16,17,18,20). The number of rotatable bonds is 4. The van der Waals surface area contributed by atoms with Crippen molar-refractivity contribution in [3.63, 3.8) is 0 Å². The van der Waals surface area contributed by atoms with Crippen LogP contribution in [0.3, 0.4) is 0 Å². The third kappa shape index (κ3) is 3.61. The van der Waals surface area contributed by atoms with Crippen molar-refractivity contribution in [1.29, 1.82) is 0 Å². The van der Waals surface area contributed by atoms with Crippen molar-refractivity contribution in [3.05, 3.63) is 64.2 Å². The molecule has 0 aliphatic rings. The first-order valence-corrected chi connectivity index (χ1v) is 7.57. The van der Waals surface area contributed by atoms with E-state index >= 15 is 0 Å². The summed E-state index contributed by atoms with van der Waals surface area (Å²) in [6.45, 7) is 0.406. The zero-order valence-electron chi connectivity index (χ0n) is 11.9. The second-order valence-electron chi connectivity index (χ2n) is 4.72. The van der Waals surface area contributed by atoms with E-state index in [0.717, 1.165) is 5.56 Å². The normalized spacial score (nSPS) is 10.4. The molecule has 0 aliphatic carbocycles. The third-order valence-corrected chi connectivity index (χ3v) is 4.03. The fourth-order valence-electron chi connectivity index (χ4n) is 2.00. The summed E-state index contributed by atoms with van der Waals surface area (Å²) >= 11 is 1.19. The van der Waals surface area contributed by atoms with Gasteiger partial charge in [-0.3, -0.25) is 15.4 Å². The lowest BCUT2D eigenvalue weighted by molar-refractivity contribution is -0.384. The highest BCUT2D eigenvalue weighted by Gasteiger charge is 2.11. The molecule has 0 bridgehead atoms. The van der Waals surface area contributed by atoms with Gasteiger partial charge in [-0.25, -0.2) is 9.78 Å². The number of nitro benzene ring substituents is 1. The molecular formula is C15H12N4O3S. The maximum atomic E-state index is 11.9. The van der Waals surface area contributed by atoms with E-state index in [1.54, 1.807) is 6.07 Å². The Balaban J connectivity index is 1.66. The SMILES string of the molecule is O=C(NCc1ccccc1)Nc1nc2ccc([N+](=O)[O-])cc2s1. The van der Waals surface area contributed by atoms with Gasteiger partial charge in [0.05, 0.1) is 15.1 Å². The lowest BCUT2D eigenvalue weighted by Crippen LogP contribution is -2.28. The average molecular weight is 328 g/mol. The minimum atomic E-state index is -0.459. The van der Waals surface area contributed by atoms with E-state index in [1.807, 2.05) is 30.3 Å². The number of non-ortho nitro benzene ring substituents is 1. The number of aromatic nitrogens is 1. The van der Waals surface area contributed by atoms with Gasteiger partial charge in [0.2, 0.25) is 0 Å². The number of carbonyl (C=O) groups is 1. The quantitative estimate of drug-likeness (QED) is 0.565. The van der Waals surface area contributed by atoms with Crippen LogP contribution in [0.1, 0.15) is 5.56 Å². The molecule has 1 heterocycles. The van der Waals surface area contributed by atoms with E-state index in [2.05, 4.69) is 15.6 Å². The van der Waals surface area contributed by atoms with Crippen LogP contribution >= 0.6 is 11.3 Å². The summed E-state index contributed by atoms with van der Waals surface area (Å²) < 4.78 is 0.651. The highest BCUT2D eigenvalue weighted by atomic mass is 32.1. The van der Waals surface area contributed by atoms with Crippen LogP contribution in [0.2, 0.25) is 0 Å². The van der Waals surface area contributed by atoms with Crippen molar-refractivity contribution >= 4 is 38.4 Å². The highest BCUT2D eigenvalue weighted by molar-refractivity contribution is 7.22. The number of anilines is 1. The minimum Gasteiger partial charge on any atom is -0.334 e. The Morgan fingerprint density at radius 3 is 2.74 bits per heavy atom. The summed E-state index contributed by atoms with van der Waals surface area (Å²) in [6.07, 6.45) is 0. The number of urea groups is 1. The van der Waals surface area contributed by atoms with Crippen LogP contribution in [0.5, 0.6) is 0 Å². The molecule has 23 heavy (non-hydrogen) atoms. The number of benzene rings is 2. The van der Waals surface area contributed by atoms with Crippen LogP contribution in [-0.2, 0) is 6.54 Å². The van der Waals surface area contributed by atoms with Gasteiger partial charge in [0.15, 0.2) is 5.13 Å². The van der Waals surface area contributed by atoms with E-state index in [1.165, 1.54) is 23.5 Å². The zero-order valence-corrected chi connectivity index (χ0v) is 12.7. The molecule has 2 aromatic carbocycles. The van der Waals surface area contributed by atoms with Crippen molar-refractivity contribution in [2.24, 2.45) is 0 Å². The van der Waals surface area contributed by atoms with E-state index in [9.17, 15) is 14.9 Å². The minimum absolute atomic E-state index is 0.00114. The molecule has 0 spiro atoms. The molecule has 1 aromatic heterocycles. The predicted molar refractivity (Wildman–Crippen MR) is 88.6 cm³/mol. The van der Waals surface area contributed by atoms with Crippen LogP contribution in [0, 0.1) is 10.1 Å². The van der Waals surface area contributed by atoms with Crippen LogP contribution in [0.4, 0.5) is 15.6 Å². The number of fused-ring (bicyclic) bond motifs is 1. The zero-order chi connectivity index (χ0) is 16.2. The summed E-state index contributed by atoms with van der Waals surface area (Å²) in [4.78, 5) is 26.4. The van der Waals surface area contributed by atoms with Crippen molar-refractivity contribution in [2.45, 2.75) is 6.54 Å². The second kappa shape index (κ2) is 6.41. The van der Waals surface area contributed by atoms with Gasteiger partial charge in [-0.15, -0.1) is 0 Å². The van der Waals surface area contributed by atoms with Gasteiger partial charge in [0.1, 0.15) is 0 Å². The van der Waals surface area contributed by atoms with Crippen molar-refractivity contribution in [3.8, 4) is 0 Å². The van der Waals surface area contributed by atoms with Gasteiger partial charge in [-0.05, 0) is 11.6 Å². The topological polar surface area (TPSA) is 97.2 Å². The molecule has 0 atom stereocenters. The molecule has 7 nitrogen and oxygen atoms in total. The molecule has 0 fully saturated rings. The molecule has 0 unspecified atom stereocenters. The maximum Gasteiger partial charge on any atom is 0.321 e. The molecule has 0 saturated heterocycles. The van der Waals surface area contributed by atoms with Crippen molar-refractivity contribution < 1.29 is 9.72 Å². The molecule has 8 heteroatoms. The molecule has 0 aliphatic heterocycles.